The van der Waals surface area contributed by atoms with Gasteiger partial charge in [0.05, 0.1) is 29.4 Å². The summed E-state index contributed by atoms with van der Waals surface area (Å²) in [6.45, 7) is 13.7. The van der Waals surface area contributed by atoms with Gasteiger partial charge in [0.15, 0.2) is 0 Å². The minimum atomic E-state index is -0.715. The summed E-state index contributed by atoms with van der Waals surface area (Å²) in [5, 5.41) is 9.79. The Morgan fingerprint density at radius 1 is 0.919 bits per heavy atom. The predicted octanol–water partition coefficient (Wildman–Crippen LogP) is 8.42. The second-order valence-corrected chi connectivity index (χ2v) is 18.0. The first-order chi connectivity index (χ1) is 29.3. The van der Waals surface area contributed by atoms with Gasteiger partial charge in [-0.05, 0) is 84.7 Å². The van der Waals surface area contributed by atoms with Crippen LogP contribution in [0.2, 0.25) is 10.0 Å². The monoisotopic (exact) mass is 885 g/mol. The molecule has 4 heterocycles. The van der Waals surface area contributed by atoms with Crippen LogP contribution in [0.4, 0.5) is 9.59 Å². The molecule has 1 aliphatic rings. The Labute approximate surface area is 371 Å². The maximum Gasteiger partial charge on any atom is 0.410 e. The fourth-order valence-corrected chi connectivity index (χ4v) is 7.68. The van der Waals surface area contributed by atoms with Crippen LogP contribution in [0.3, 0.4) is 0 Å². The average molecular weight is 887 g/mol. The van der Waals surface area contributed by atoms with E-state index in [-0.39, 0.29) is 43.2 Å². The third-order valence-corrected chi connectivity index (χ3v) is 10.7. The van der Waals surface area contributed by atoms with Crippen LogP contribution in [-0.4, -0.2) is 80.8 Å². The Bertz CT molecular complexity index is 2530. The van der Waals surface area contributed by atoms with E-state index >= 15 is 0 Å². The average Bonchev–Trinajstić information content (AvgIpc) is 3.61. The number of nitrogens with one attached hydrogen (secondary N) is 3. The number of hydrogen-bond donors (Lipinski definition) is 3. The van der Waals surface area contributed by atoms with Crippen molar-refractivity contribution < 1.29 is 28.6 Å². The fourth-order valence-electron chi connectivity index (χ4n) is 7.02. The fraction of sp³-hybridized carbons (Fsp3) is 0.391. The number of ether oxygens (including phenoxy) is 3. The number of halogens is 2. The Kier molecular flexibility index (Phi) is 14.1. The maximum absolute atomic E-state index is 13.4. The highest BCUT2D eigenvalue weighted by atomic mass is 35.5. The highest BCUT2D eigenvalue weighted by molar-refractivity contribution is 6.39. The van der Waals surface area contributed by atoms with Crippen LogP contribution in [0, 0.1) is 0 Å². The number of rotatable bonds is 13. The zero-order chi connectivity index (χ0) is 44.9. The van der Waals surface area contributed by atoms with Crippen molar-refractivity contribution in [2.75, 3.05) is 20.2 Å². The van der Waals surface area contributed by atoms with Gasteiger partial charge in [0.2, 0.25) is 11.8 Å². The zero-order valence-corrected chi connectivity index (χ0v) is 37.7. The molecule has 3 amide bonds. The van der Waals surface area contributed by atoms with E-state index in [1.807, 2.05) is 61.5 Å². The number of hydrogen-bond acceptors (Lipinski definition) is 10. The lowest BCUT2D eigenvalue weighted by Gasteiger charge is -2.29. The Balaban J connectivity index is 1.21. The number of pyridine rings is 2. The Morgan fingerprint density at radius 2 is 1.58 bits per heavy atom. The van der Waals surface area contributed by atoms with E-state index in [9.17, 15) is 19.2 Å². The standard InChI is InChI=1S/C46H53Cl2N7O7/c1-27(51-43(58)61-45(2,3)4)22-49-23-30-24-50-37-21-28(19-20-55(37)42(30)57)32-11-9-12-33(39(32)47)34-13-10-14-35(40(34)48)36-17-15-29(41(53-36)60-8)25-54(44(59)62-46(5,6)7)26-31-16-18-38(56)52-31/h9-15,17,19-21,24,27,31,49H,16,18,22-23,25-26H2,1-8H3,(H,51,58)(H,52,56)/t27-,31-/m0/s1. The molecule has 5 aromatic rings. The van der Waals surface area contributed by atoms with Crippen LogP contribution in [0.25, 0.3) is 39.2 Å². The van der Waals surface area contributed by atoms with Crippen molar-refractivity contribution in [3.05, 3.63) is 105 Å². The number of carbonyl (C=O) groups excluding carboxylic acids is 3. The van der Waals surface area contributed by atoms with Gasteiger partial charge >= 0.3 is 12.2 Å². The first-order valence-electron chi connectivity index (χ1n) is 20.4. The van der Waals surface area contributed by atoms with Gasteiger partial charge in [0.1, 0.15) is 16.8 Å². The molecule has 3 N–H and O–H groups in total. The highest BCUT2D eigenvalue weighted by Gasteiger charge is 2.30. The molecule has 16 heteroatoms. The second kappa shape index (κ2) is 19.1. The summed E-state index contributed by atoms with van der Waals surface area (Å²) in [5.74, 6) is 0.264. The second-order valence-electron chi connectivity index (χ2n) is 17.3. The van der Waals surface area contributed by atoms with Gasteiger partial charge in [0, 0.05) is 83.9 Å². The largest absolute Gasteiger partial charge is 0.481 e. The predicted molar refractivity (Wildman–Crippen MR) is 240 cm³/mol. The molecule has 2 aromatic carbocycles. The molecule has 0 bridgehead atoms. The van der Waals surface area contributed by atoms with Crippen molar-refractivity contribution in [3.8, 4) is 39.4 Å². The van der Waals surface area contributed by atoms with Crippen molar-refractivity contribution in [1.82, 2.24) is 35.2 Å². The maximum atomic E-state index is 13.4. The molecule has 1 aliphatic heterocycles. The number of amides is 3. The molecule has 0 saturated carbocycles. The SMILES string of the molecule is COc1nc(-c2cccc(-c3cccc(-c4ccn5c(=O)c(CNC[C@H](C)NC(=O)OC(C)(C)C)cnc5c4)c3Cl)c2Cl)ccc1CN(C[C@@H]1CCC(=O)N1)C(=O)OC(C)(C)C. The quantitative estimate of drug-likeness (QED) is 0.105. The molecule has 0 aliphatic carbocycles. The minimum absolute atomic E-state index is 0.0438. The van der Waals surface area contributed by atoms with Crippen LogP contribution in [0.5, 0.6) is 5.88 Å². The lowest BCUT2D eigenvalue weighted by atomic mass is 9.97. The molecule has 1 fully saturated rings. The lowest BCUT2D eigenvalue weighted by molar-refractivity contribution is -0.119. The zero-order valence-electron chi connectivity index (χ0n) is 36.2. The Morgan fingerprint density at radius 3 is 2.23 bits per heavy atom. The van der Waals surface area contributed by atoms with E-state index in [1.54, 1.807) is 64.9 Å². The van der Waals surface area contributed by atoms with Gasteiger partial charge in [-0.2, -0.15) is 0 Å². The smallest absolute Gasteiger partial charge is 0.410 e. The van der Waals surface area contributed by atoms with Gasteiger partial charge in [0.25, 0.3) is 5.56 Å². The topological polar surface area (TPSA) is 165 Å². The summed E-state index contributed by atoms with van der Waals surface area (Å²) in [6, 6.07) is 18.1. The van der Waals surface area contributed by atoms with Crippen LogP contribution in [0.1, 0.15) is 72.4 Å². The molecular formula is C46H53Cl2N7O7. The molecule has 1 saturated heterocycles. The number of methoxy groups -OCH3 is 1. The number of aromatic nitrogens is 3. The molecule has 328 valence electrons. The van der Waals surface area contributed by atoms with Crippen molar-refractivity contribution in [1.29, 1.82) is 0 Å². The molecular weight excluding hydrogens is 833 g/mol. The number of alkyl carbamates (subject to hydrolysis) is 1. The van der Waals surface area contributed by atoms with Crippen LogP contribution >= 0.6 is 23.2 Å². The third-order valence-electron chi connectivity index (χ3n) is 9.86. The first-order valence-corrected chi connectivity index (χ1v) is 21.2. The normalized spacial score (nSPS) is 14.6. The van der Waals surface area contributed by atoms with Gasteiger partial charge in [-0.1, -0.05) is 59.6 Å². The molecule has 2 atom stereocenters. The van der Waals surface area contributed by atoms with E-state index in [2.05, 4.69) is 20.9 Å². The highest BCUT2D eigenvalue weighted by Crippen LogP contribution is 2.42. The Hall–Kier alpha value is -5.70. The molecule has 3 aromatic heterocycles. The lowest BCUT2D eigenvalue weighted by Crippen LogP contribution is -2.43. The van der Waals surface area contributed by atoms with E-state index in [0.29, 0.717) is 74.5 Å². The van der Waals surface area contributed by atoms with Crippen LogP contribution in [0.15, 0.2) is 77.9 Å². The van der Waals surface area contributed by atoms with E-state index in [4.69, 9.17) is 42.4 Å². The molecule has 0 unspecified atom stereocenters. The summed E-state index contributed by atoms with van der Waals surface area (Å²) >= 11 is 14.3. The first kappa shape index (κ1) is 45.8. The number of benzene rings is 2. The summed E-state index contributed by atoms with van der Waals surface area (Å²) < 4.78 is 18.2. The third kappa shape index (κ3) is 11.4. The molecule has 62 heavy (non-hydrogen) atoms. The van der Waals surface area contributed by atoms with Crippen molar-refractivity contribution in [2.24, 2.45) is 0 Å². The van der Waals surface area contributed by atoms with Crippen molar-refractivity contribution >= 4 is 46.9 Å². The summed E-state index contributed by atoms with van der Waals surface area (Å²) in [6.07, 6.45) is 3.24. The molecule has 0 radical (unpaired) electrons. The van der Waals surface area contributed by atoms with Crippen LogP contribution < -0.4 is 26.2 Å². The van der Waals surface area contributed by atoms with Crippen LogP contribution in [-0.2, 0) is 27.4 Å². The number of fused-ring (bicyclic) bond motifs is 1. The summed E-state index contributed by atoms with van der Waals surface area (Å²) in [5.41, 5.74) is 4.05. The van der Waals surface area contributed by atoms with Gasteiger partial charge in [-0.3, -0.25) is 14.0 Å². The van der Waals surface area contributed by atoms with E-state index in [1.165, 1.54) is 11.5 Å². The van der Waals surface area contributed by atoms with Gasteiger partial charge in [-0.15, -0.1) is 0 Å². The number of carbonyl (C=O) groups is 3. The van der Waals surface area contributed by atoms with Gasteiger partial charge in [-0.25, -0.2) is 19.6 Å². The minimum Gasteiger partial charge on any atom is -0.481 e. The summed E-state index contributed by atoms with van der Waals surface area (Å²) in [7, 11) is 1.51. The number of nitrogens with zero attached hydrogens (tertiary/aromatic N) is 4. The molecule has 6 rings (SSSR count). The molecule has 14 nitrogen and oxygen atoms in total. The van der Waals surface area contributed by atoms with Crippen molar-refractivity contribution in [2.45, 2.75) is 97.7 Å². The van der Waals surface area contributed by atoms with Crippen molar-refractivity contribution in [3.63, 3.8) is 0 Å². The van der Waals surface area contributed by atoms with E-state index < -0.39 is 23.4 Å². The van der Waals surface area contributed by atoms with Gasteiger partial charge < -0.3 is 35.1 Å². The summed E-state index contributed by atoms with van der Waals surface area (Å²) in [4.78, 5) is 61.7. The van der Waals surface area contributed by atoms with E-state index in [0.717, 1.165) is 11.1 Å². The molecule has 0 spiro atoms.